The Morgan fingerprint density at radius 2 is 2.14 bits per heavy atom. The highest BCUT2D eigenvalue weighted by molar-refractivity contribution is 6.02. The molecule has 1 aromatic heterocycles. The molecule has 0 aliphatic heterocycles. The molecule has 1 aliphatic rings. The summed E-state index contributed by atoms with van der Waals surface area (Å²) in [4.78, 5) is 27.1. The third kappa shape index (κ3) is 2.76. The predicted molar refractivity (Wildman–Crippen MR) is 74.4 cm³/mol. The van der Waals surface area contributed by atoms with Gasteiger partial charge in [-0.15, -0.1) is 5.10 Å². The molecule has 0 radical (unpaired) electrons. The van der Waals surface area contributed by atoms with E-state index < -0.39 is 11.9 Å². The molecule has 0 spiro atoms. The van der Waals surface area contributed by atoms with E-state index in [1.807, 2.05) is 0 Å². The molecule has 0 unspecified atom stereocenters. The Labute approximate surface area is 120 Å². The number of hydrogen-bond acceptors (Lipinski definition) is 4. The maximum absolute atomic E-state index is 12.0. The van der Waals surface area contributed by atoms with E-state index in [0.29, 0.717) is 17.2 Å². The van der Waals surface area contributed by atoms with Crippen molar-refractivity contribution in [3.8, 4) is 0 Å². The van der Waals surface area contributed by atoms with E-state index >= 15 is 0 Å². The van der Waals surface area contributed by atoms with Crippen molar-refractivity contribution in [3.63, 3.8) is 0 Å². The first-order chi connectivity index (χ1) is 10.0. The van der Waals surface area contributed by atoms with Crippen LogP contribution >= 0.6 is 0 Å². The molecule has 1 fully saturated rings. The van der Waals surface area contributed by atoms with E-state index in [2.05, 4.69) is 20.5 Å². The van der Waals surface area contributed by atoms with Gasteiger partial charge in [-0.2, -0.15) is 0 Å². The number of carbonyl (C=O) groups is 2. The molecule has 7 nitrogen and oxygen atoms in total. The van der Waals surface area contributed by atoms with Gasteiger partial charge >= 0.3 is 5.97 Å². The van der Waals surface area contributed by atoms with E-state index in [1.165, 1.54) is 6.07 Å². The number of rotatable bonds is 4. The third-order valence-electron chi connectivity index (χ3n) is 3.38. The van der Waals surface area contributed by atoms with Crippen LogP contribution in [0.15, 0.2) is 18.2 Å². The van der Waals surface area contributed by atoms with Crippen molar-refractivity contribution in [2.45, 2.75) is 25.7 Å². The molecule has 1 aromatic carbocycles. The minimum atomic E-state index is -0.992. The van der Waals surface area contributed by atoms with Crippen LogP contribution in [-0.4, -0.2) is 32.2 Å². The van der Waals surface area contributed by atoms with Crippen molar-refractivity contribution in [3.05, 3.63) is 41.0 Å². The van der Waals surface area contributed by atoms with Crippen LogP contribution in [0.3, 0.4) is 0 Å². The smallest absolute Gasteiger partial charge is 0.335 e. The zero-order valence-corrected chi connectivity index (χ0v) is 11.4. The number of nitrogens with one attached hydrogen (secondary N) is 2. The van der Waals surface area contributed by atoms with Gasteiger partial charge in [0, 0.05) is 11.6 Å². The quantitative estimate of drug-likeness (QED) is 0.796. The monoisotopic (exact) mass is 286 g/mol. The molecule has 1 saturated carbocycles. The number of nitrogens with zero attached hydrogens (tertiary/aromatic N) is 2. The van der Waals surface area contributed by atoms with Gasteiger partial charge in [0.1, 0.15) is 5.82 Å². The van der Waals surface area contributed by atoms with Crippen molar-refractivity contribution in [2.75, 3.05) is 5.32 Å². The second-order valence-electron chi connectivity index (χ2n) is 5.11. The topological polar surface area (TPSA) is 108 Å². The summed E-state index contributed by atoms with van der Waals surface area (Å²) in [5, 5.41) is 18.3. The molecule has 1 amide bonds. The lowest BCUT2D eigenvalue weighted by Gasteiger charge is -2.06. The van der Waals surface area contributed by atoms with E-state index in [0.717, 1.165) is 18.7 Å². The summed E-state index contributed by atoms with van der Waals surface area (Å²) in [6.07, 6.45) is 2.15. The summed E-state index contributed by atoms with van der Waals surface area (Å²) in [5.41, 5.74) is 1.30. The molecule has 108 valence electrons. The lowest BCUT2D eigenvalue weighted by atomic mass is 10.1. The van der Waals surface area contributed by atoms with Crippen LogP contribution in [0.2, 0.25) is 0 Å². The first-order valence-corrected chi connectivity index (χ1v) is 6.62. The number of carboxylic acid groups (broad SMARTS) is 1. The van der Waals surface area contributed by atoms with Crippen LogP contribution in [0.4, 0.5) is 5.69 Å². The van der Waals surface area contributed by atoms with Crippen molar-refractivity contribution >= 4 is 17.6 Å². The van der Waals surface area contributed by atoms with Crippen LogP contribution < -0.4 is 5.32 Å². The second kappa shape index (κ2) is 5.01. The number of amides is 1. The normalized spacial score (nSPS) is 14.0. The Kier molecular flexibility index (Phi) is 3.17. The maximum Gasteiger partial charge on any atom is 0.335 e. The second-order valence-corrected chi connectivity index (χ2v) is 5.11. The van der Waals surface area contributed by atoms with Crippen molar-refractivity contribution in [1.82, 2.24) is 15.2 Å². The number of benzene rings is 1. The Hall–Kier alpha value is -2.70. The van der Waals surface area contributed by atoms with Crippen molar-refractivity contribution in [2.24, 2.45) is 0 Å². The van der Waals surface area contributed by atoms with Gasteiger partial charge in [-0.05, 0) is 43.5 Å². The molecule has 0 saturated heterocycles. The van der Waals surface area contributed by atoms with Gasteiger partial charge < -0.3 is 10.4 Å². The molecule has 3 N–H and O–H groups in total. The number of anilines is 1. The highest BCUT2D eigenvalue weighted by Crippen LogP contribution is 2.37. The number of aromatic amines is 1. The highest BCUT2D eigenvalue weighted by Gasteiger charge is 2.28. The third-order valence-corrected chi connectivity index (χ3v) is 3.38. The average Bonchev–Trinajstić information content (AvgIpc) is 3.16. The van der Waals surface area contributed by atoms with E-state index in [1.54, 1.807) is 19.1 Å². The number of aromatic nitrogens is 3. The molecule has 0 bridgehead atoms. The molecule has 1 heterocycles. The Morgan fingerprint density at radius 1 is 1.38 bits per heavy atom. The van der Waals surface area contributed by atoms with Gasteiger partial charge in [-0.1, -0.05) is 0 Å². The minimum Gasteiger partial charge on any atom is -0.478 e. The van der Waals surface area contributed by atoms with E-state index in [-0.39, 0.29) is 11.4 Å². The molecule has 3 rings (SSSR count). The van der Waals surface area contributed by atoms with Crippen LogP contribution in [-0.2, 0) is 0 Å². The number of aromatic carboxylic acids is 1. The minimum absolute atomic E-state index is 0.0943. The van der Waals surface area contributed by atoms with Gasteiger partial charge in [0.25, 0.3) is 5.91 Å². The standard InChI is InChI=1S/C14H14N4O3/c1-7-6-9(4-5-10(7)14(20)21)15-13(19)12-16-11(17-18-12)8-2-3-8/h4-6,8H,2-3H2,1H3,(H,15,19)(H,20,21)(H,16,17,18). The van der Waals surface area contributed by atoms with Crippen LogP contribution in [0.25, 0.3) is 0 Å². The van der Waals surface area contributed by atoms with Crippen LogP contribution in [0.1, 0.15) is 51.1 Å². The van der Waals surface area contributed by atoms with E-state index in [4.69, 9.17) is 5.11 Å². The first-order valence-electron chi connectivity index (χ1n) is 6.62. The summed E-state index contributed by atoms with van der Waals surface area (Å²) < 4.78 is 0. The number of hydrogen-bond donors (Lipinski definition) is 3. The Morgan fingerprint density at radius 3 is 2.76 bits per heavy atom. The lowest BCUT2D eigenvalue weighted by molar-refractivity contribution is 0.0696. The van der Waals surface area contributed by atoms with Gasteiger partial charge in [-0.3, -0.25) is 9.89 Å². The van der Waals surface area contributed by atoms with Gasteiger partial charge in [0.05, 0.1) is 5.56 Å². The summed E-state index contributed by atoms with van der Waals surface area (Å²) >= 11 is 0. The Bertz CT molecular complexity index is 719. The zero-order chi connectivity index (χ0) is 15.0. The fraction of sp³-hybridized carbons (Fsp3) is 0.286. The number of H-pyrrole nitrogens is 1. The van der Waals surface area contributed by atoms with Gasteiger partial charge in [0.15, 0.2) is 0 Å². The molecular weight excluding hydrogens is 272 g/mol. The summed E-state index contributed by atoms with van der Waals surface area (Å²) in [5.74, 6) is -0.167. The van der Waals surface area contributed by atoms with Crippen molar-refractivity contribution in [1.29, 1.82) is 0 Å². The summed E-state index contributed by atoms with van der Waals surface area (Å²) in [6.45, 7) is 1.68. The number of aryl methyl sites for hydroxylation is 1. The largest absolute Gasteiger partial charge is 0.478 e. The van der Waals surface area contributed by atoms with Crippen LogP contribution in [0.5, 0.6) is 0 Å². The van der Waals surface area contributed by atoms with E-state index in [9.17, 15) is 9.59 Å². The van der Waals surface area contributed by atoms with Gasteiger partial charge in [0.2, 0.25) is 5.82 Å². The van der Waals surface area contributed by atoms with Gasteiger partial charge in [-0.25, -0.2) is 9.78 Å². The molecular formula is C14H14N4O3. The fourth-order valence-electron chi connectivity index (χ4n) is 2.08. The predicted octanol–water partition coefficient (Wildman–Crippen LogP) is 1.94. The maximum atomic E-state index is 12.0. The number of carboxylic acids is 1. The lowest BCUT2D eigenvalue weighted by Crippen LogP contribution is -2.14. The molecule has 0 atom stereocenters. The molecule has 21 heavy (non-hydrogen) atoms. The Balaban J connectivity index is 1.74. The number of carbonyl (C=O) groups excluding carboxylic acids is 1. The highest BCUT2D eigenvalue weighted by atomic mass is 16.4. The summed E-state index contributed by atoms with van der Waals surface area (Å²) in [6, 6.07) is 4.61. The molecule has 1 aliphatic carbocycles. The average molecular weight is 286 g/mol. The first kappa shape index (κ1) is 13.3. The van der Waals surface area contributed by atoms with Crippen LogP contribution in [0, 0.1) is 6.92 Å². The fourth-order valence-corrected chi connectivity index (χ4v) is 2.08. The van der Waals surface area contributed by atoms with Crippen molar-refractivity contribution < 1.29 is 14.7 Å². The molecule has 2 aromatic rings. The zero-order valence-electron chi connectivity index (χ0n) is 11.4. The molecule has 7 heteroatoms. The SMILES string of the molecule is Cc1cc(NC(=O)c2n[nH]c(C3CC3)n2)ccc1C(=O)O. The summed E-state index contributed by atoms with van der Waals surface area (Å²) in [7, 11) is 0.